The molecule has 0 aromatic carbocycles. The maximum Gasteiger partial charge on any atom is 0.379 e. The first kappa shape index (κ1) is 13.7. The second kappa shape index (κ2) is 9.24. The molecule has 0 unspecified atom stereocenters. The molecule has 0 rings (SSSR count). The molecule has 86 valence electrons. The van der Waals surface area contributed by atoms with Crippen LogP contribution in [-0.4, -0.2) is 25.0 Å². The van der Waals surface area contributed by atoms with Gasteiger partial charge in [0.05, 0.1) is 19.5 Å². The zero-order chi connectivity index (χ0) is 11.5. The highest BCUT2D eigenvalue weighted by Gasteiger charge is 2.10. The molecule has 0 bridgehead atoms. The predicted molar refractivity (Wildman–Crippen MR) is 56.3 cm³/mol. The van der Waals surface area contributed by atoms with Gasteiger partial charge in [-0.1, -0.05) is 20.3 Å². The molecule has 15 heavy (non-hydrogen) atoms. The summed E-state index contributed by atoms with van der Waals surface area (Å²) in [6.07, 6.45) is 4.99. The van der Waals surface area contributed by atoms with Crippen molar-refractivity contribution in [3.63, 3.8) is 0 Å². The molecule has 0 saturated heterocycles. The van der Waals surface area contributed by atoms with Crippen LogP contribution in [0.3, 0.4) is 0 Å². The number of unbranched alkanes of at least 4 members (excludes halogenated alkanes) is 1. The maximum absolute atomic E-state index is 11.0. The van der Waals surface area contributed by atoms with Crippen molar-refractivity contribution in [2.45, 2.75) is 33.1 Å². The monoisotopic (exact) mass is 214 g/mol. The molecule has 0 heterocycles. The SMILES string of the molecule is CCCCOC=CC(=O)C(=O)OCCC. The molecule has 0 N–H and O–H groups in total. The number of rotatable bonds is 8. The van der Waals surface area contributed by atoms with E-state index < -0.39 is 11.8 Å². The van der Waals surface area contributed by atoms with Crippen LogP contribution < -0.4 is 0 Å². The summed E-state index contributed by atoms with van der Waals surface area (Å²) in [5, 5.41) is 0. The van der Waals surface area contributed by atoms with Gasteiger partial charge in [-0.15, -0.1) is 0 Å². The molecule has 0 aliphatic carbocycles. The minimum Gasteiger partial charge on any atom is -0.501 e. The standard InChI is InChI=1S/C11H18O4/c1-3-5-8-14-9-6-10(12)11(13)15-7-4-2/h6,9H,3-5,7-8H2,1-2H3. The molecule has 0 aliphatic rings. The van der Waals surface area contributed by atoms with Gasteiger partial charge in [-0.25, -0.2) is 4.79 Å². The van der Waals surface area contributed by atoms with E-state index in [2.05, 4.69) is 4.74 Å². The van der Waals surface area contributed by atoms with Crippen LogP contribution in [0.15, 0.2) is 12.3 Å². The summed E-state index contributed by atoms with van der Waals surface area (Å²) in [7, 11) is 0. The zero-order valence-electron chi connectivity index (χ0n) is 9.32. The maximum atomic E-state index is 11.0. The van der Waals surface area contributed by atoms with Gasteiger partial charge in [0.15, 0.2) is 0 Å². The van der Waals surface area contributed by atoms with Crippen LogP contribution in [0.1, 0.15) is 33.1 Å². The highest BCUT2D eigenvalue weighted by Crippen LogP contribution is 1.90. The quantitative estimate of drug-likeness (QED) is 0.203. The second-order valence-electron chi connectivity index (χ2n) is 3.03. The summed E-state index contributed by atoms with van der Waals surface area (Å²) in [5.41, 5.74) is 0. The van der Waals surface area contributed by atoms with Crippen LogP contribution in [0.25, 0.3) is 0 Å². The van der Waals surface area contributed by atoms with Gasteiger partial charge in [0.25, 0.3) is 5.78 Å². The van der Waals surface area contributed by atoms with E-state index >= 15 is 0 Å². The second-order valence-corrected chi connectivity index (χ2v) is 3.03. The van der Waals surface area contributed by atoms with Crippen LogP contribution in [0.5, 0.6) is 0 Å². The van der Waals surface area contributed by atoms with E-state index in [-0.39, 0.29) is 6.61 Å². The molecule has 0 amide bonds. The van der Waals surface area contributed by atoms with Crippen molar-refractivity contribution in [1.82, 2.24) is 0 Å². The fraction of sp³-hybridized carbons (Fsp3) is 0.636. The summed E-state index contributed by atoms with van der Waals surface area (Å²) in [6.45, 7) is 4.74. The molecule has 0 fully saturated rings. The largest absolute Gasteiger partial charge is 0.501 e. The molecule has 0 aromatic rings. The lowest BCUT2D eigenvalue weighted by molar-refractivity contribution is -0.151. The summed E-state index contributed by atoms with van der Waals surface area (Å²) in [4.78, 5) is 22.0. The summed E-state index contributed by atoms with van der Waals surface area (Å²) < 4.78 is 9.63. The number of carbonyl (C=O) groups is 2. The predicted octanol–water partition coefficient (Wildman–Crippen LogP) is 1.84. The molecule has 0 radical (unpaired) electrons. The van der Waals surface area contributed by atoms with E-state index in [0.717, 1.165) is 18.9 Å². The highest BCUT2D eigenvalue weighted by atomic mass is 16.5. The number of ketones is 1. The number of hydrogen-bond acceptors (Lipinski definition) is 4. The molecule has 4 nitrogen and oxygen atoms in total. The molecular weight excluding hydrogens is 196 g/mol. The van der Waals surface area contributed by atoms with E-state index in [1.807, 2.05) is 13.8 Å². The molecule has 0 aromatic heterocycles. The van der Waals surface area contributed by atoms with Gasteiger partial charge in [-0.2, -0.15) is 0 Å². The van der Waals surface area contributed by atoms with Crippen LogP contribution in [0.2, 0.25) is 0 Å². The minimum atomic E-state index is -0.827. The first-order valence-electron chi connectivity index (χ1n) is 5.21. The van der Waals surface area contributed by atoms with Crippen LogP contribution >= 0.6 is 0 Å². The zero-order valence-corrected chi connectivity index (χ0v) is 9.32. The Kier molecular flexibility index (Phi) is 8.43. The van der Waals surface area contributed by atoms with Gasteiger partial charge < -0.3 is 9.47 Å². The summed E-state index contributed by atoms with van der Waals surface area (Å²) in [6, 6.07) is 0. The Hall–Kier alpha value is -1.32. The Bertz CT molecular complexity index is 221. The van der Waals surface area contributed by atoms with Crippen molar-refractivity contribution in [3.05, 3.63) is 12.3 Å². The summed E-state index contributed by atoms with van der Waals surface area (Å²) >= 11 is 0. The molecule has 0 aliphatic heterocycles. The fourth-order valence-electron chi connectivity index (χ4n) is 0.740. The number of esters is 1. The van der Waals surface area contributed by atoms with Gasteiger partial charge in [0.2, 0.25) is 0 Å². The van der Waals surface area contributed by atoms with E-state index in [4.69, 9.17) is 4.74 Å². The third kappa shape index (κ3) is 7.73. The molecule has 0 saturated carbocycles. The van der Waals surface area contributed by atoms with Crippen molar-refractivity contribution in [2.24, 2.45) is 0 Å². The Morgan fingerprint density at radius 3 is 2.47 bits per heavy atom. The van der Waals surface area contributed by atoms with Gasteiger partial charge in [0, 0.05) is 6.08 Å². The third-order valence-electron chi connectivity index (χ3n) is 1.57. The molecule has 0 spiro atoms. The third-order valence-corrected chi connectivity index (χ3v) is 1.57. The van der Waals surface area contributed by atoms with Crippen molar-refractivity contribution in [2.75, 3.05) is 13.2 Å². The van der Waals surface area contributed by atoms with E-state index in [9.17, 15) is 9.59 Å². The van der Waals surface area contributed by atoms with Crippen LogP contribution in [0, 0.1) is 0 Å². The molecular formula is C11H18O4. The van der Waals surface area contributed by atoms with Crippen LogP contribution in [0.4, 0.5) is 0 Å². The van der Waals surface area contributed by atoms with E-state index in [1.54, 1.807) is 0 Å². The fourth-order valence-corrected chi connectivity index (χ4v) is 0.740. The lowest BCUT2D eigenvalue weighted by atomic mass is 10.4. The van der Waals surface area contributed by atoms with Gasteiger partial charge in [-0.3, -0.25) is 4.79 Å². The highest BCUT2D eigenvalue weighted by molar-refractivity contribution is 6.38. The van der Waals surface area contributed by atoms with Gasteiger partial charge >= 0.3 is 5.97 Å². The minimum absolute atomic E-state index is 0.273. The van der Waals surface area contributed by atoms with Crippen molar-refractivity contribution < 1.29 is 19.1 Å². The van der Waals surface area contributed by atoms with E-state index in [1.165, 1.54) is 6.26 Å². The average molecular weight is 214 g/mol. The average Bonchev–Trinajstić information content (AvgIpc) is 2.25. The number of carbonyl (C=O) groups excluding carboxylic acids is 2. The van der Waals surface area contributed by atoms with Crippen LogP contribution in [-0.2, 0) is 19.1 Å². The van der Waals surface area contributed by atoms with E-state index in [0.29, 0.717) is 13.0 Å². The Morgan fingerprint density at radius 2 is 1.87 bits per heavy atom. The lowest BCUT2D eigenvalue weighted by Crippen LogP contribution is -2.15. The van der Waals surface area contributed by atoms with Gasteiger partial charge in [-0.05, 0) is 12.8 Å². The van der Waals surface area contributed by atoms with Gasteiger partial charge in [0.1, 0.15) is 0 Å². The first-order valence-corrected chi connectivity index (χ1v) is 5.21. The summed E-state index contributed by atoms with van der Waals surface area (Å²) in [5.74, 6) is -1.51. The smallest absolute Gasteiger partial charge is 0.379 e. The lowest BCUT2D eigenvalue weighted by Gasteiger charge is -1.99. The Morgan fingerprint density at radius 1 is 1.13 bits per heavy atom. The number of hydrogen-bond donors (Lipinski definition) is 0. The Balaban J connectivity index is 3.66. The first-order chi connectivity index (χ1) is 7.22. The molecule has 0 atom stereocenters. The normalized spacial score (nSPS) is 10.3. The van der Waals surface area contributed by atoms with Crippen molar-refractivity contribution in [1.29, 1.82) is 0 Å². The number of ether oxygens (including phenoxy) is 2. The topological polar surface area (TPSA) is 52.6 Å². The van der Waals surface area contributed by atoms with Crippen molar-refractivity contribution >= 4 is 11.8 Å². The molecule has 4 heteroatoms. The Labute approximate surface area is 90.2 Å². The van der Waals surface area contributed by atoms with Crippen molar-refractivity contribution in [3.8, 4) is 0 Å².